The molecule has 5 heterocycles. The third-order valence-electron chi connectivity index (χ3n) is 10.2. The Labute approximate surface area is 301 Å². The normalized spacial score (nSPS) is 18.6. The Morgan fingerprint density at radius 2 is 1.48 bits per heavy atom. The van der Waals surface area contributed by atoms with E-state index in [-0.39, 0.29) is 60.6 Å². The Morgan fingerprint density at radius 1 is 0.885 bits per heavy atom. The molecular formula is C37H45N5O9S. The van der Waals surface area contributed by atoms with Gasteiger partial charge in [-0.2, -0.15) is 8.42 Å². The average Bonchev–Trinajstić information content (AvgIpc) is 3.72. The number of aryl methyl sites for hydroxylation is 2. The molecule has 2 unspecified atom stereocenters. The summed E-state index contributed by atoms with van der Waals surface area (Å²) in [6.07, 6.45) is 0.739. The fourth-order valence-electron chi connectivity index (χ4n) is 7.43. The number of H-pyrrole nitrogens is 2. The molecule has 52 heavy (non-hydrogen) atoms. The van der Waals surface area contributed by atoms with Gasteiger partial charge in [-0.3, -0.25) is 33.7 Å². The first-order chi connectivity index (χ1) is 24.4. The van der Waals surface area contributed by atoms with E-state index >= 15 is 0 Å². The quantitative estimate of drug-likeness (QED) is 0.0891. The lowest BCUT2D eigenvalue weighted by molar-refractivity contribution is -0.142. The number of ether oxygens (including phenoxy) is 1. The fourth-order valence-corrected chi connectivity index (χ4v) is 7.79. The zero-order chi connectivity index (χ0) is 38.2. The van der Waals surface area contributed by atoms with Gasteiger partial charge in [0.2, 0.25) is 0 Å². The van der Waals surface area contributed by atoms with Gasteiger partial charge in [-0.15, -0.1) is 0 Å². The summed E-state index contributed by atoms with van der Waals surface area (Å²) in [5.41, 5.74) is 6.83. The SMILES string of the molecule is CC[C@H]1c2cc3[nH]c(c(COC(C)=O)c4nc(cc5[nH]c(cc(n2)C1C)c(C(C)=O)c5C)C(C)[C@@H]4CCC(=O)O)c(C(=O)NCCS(=O)(=O)O)c3C. The number of hydrogen-bond acceptors (Lipinski definition) is 9. The number of carboxylic acid groups (broad SMARTS) is 1. The monoisotopic (exact) mass is 735 g/mol. The smallest absolute Gasteiger partial charge is 0.303 e. The van der Waals surface area contributed by atoms with Crippen LogP contribution in [0, 0.1) is 13.8 Å². The molecule has 0 saturated heterocycles. The Morgan fingerprint density at radius 3 is 2.10 bits per heavy atom. The molecule has 278 valence electrons. The molecule has 3 aromatic heterocycles. The van der Waals surface area contributed by atoms with E-state index in [1.807, 2.05) is 32.0 Å². The van der Waals surface area contributed by atoms with Crippen LogP contribution in [-0.4, -0.2) is 73.9 Å². The molecule has 0 aliphatic carbocycles. The zero-order valence-corrected chi connectivity index (χ0v) is 31.2. The first-order valence-electron chi connectivity index (χ1n) is 17.3. The molecule has 0 spiro atoms. The van der Waals surface area contributed by atoms with E-state index in [0.29, 0.717) is 44.6 Å². The Hall–Kier alpha value is -4.89. The van der Waals surface area contributed by atoms with Crippen LogP contribution in [0.4, 0.5) is 0 Å². The van der Waals surface area contributed by atoms with Gasteiger partial charge >= 0.3 is 11.9 Å². The van der Waals surface area contributed by atoms with Crippen molar-refractivity contribution in [2.75, 3.05) is 12.3 Å². The van der Waals surface area contributed by atoms with Crippen LogP contribution in [0.25, 0.3) is 22.1 Å². The summed E-state index contributed by atoms with van der Waals surface area (Å²) in [7, 11) is -4.37. The van der Waals surface area contributed by atoms with Gasteiger partial charge in [-0.1, -0.05) is 20.8 Å². The summed E-state index contributed by atoms with van der Waals surface area (Å²) in [6, 6.07) is 5.60. The van der Waals surface area contributed by atoms with Crippen LogP contribution in [0.5, 0.6) is 0 Å². The summed E-state index contributed by atoms with van der Waals surface area (Å²) in [5, 5.41) is 12.3. The topological polar surface area (TPSA) is 221 Å². The molecule has 0 aromatic carbocycles. The number of rotatable bonds is 11. The summed E-state index contributed by atoms with van der Waals surface area (Å²) in [6.45, 7) is 11.7. The number of nitrogens with zero attached hydrogens (tertiary/aromatic N) is 2. The number of amides is 1. The van der Waals surface area contributed by atoms with Crippen LogP contribution in [0.15, 0.2) is 18.2 Å². The molecule has 2 aliphatic heterocycles. The van der Waals surface area contributed by atoms with E-state index < -0.39 is 39.6 Å². The van der Waals surface area contributed by atoms with Crippen LogP contribution >= 0.6 is 0 Å². The summed E-state index contributed by atoms with van der Waals surface area (Å²) in [4.78, 5) is 67.9. The second kappa shape index (κ2) is 15.0. The van der Waals surface area contributed by atoms with Crippen LogP contribution in [-0.2, 0) is 31.1 Å². The van der Waals surface area contributed by atoms with Crippen molar-refractivity contribution >= 4 is 55.8 Å². The van der Waals surface area contributed by atoms with Crippen molar-refractivity contribution in [3.05, 3.63) is 68.8 Å². The van der Waals surface area contributed by atoms with Crippen LogP contribution in [0.1, 0.15) is 138 Å². The molecule has 15 heteroatoms. The standard InChI is InChI=1S/C37H45N5O9S/c1-8-23-17(2)26-15-31-33(21(6)43)19(4)28(40-31)13-27-18(3)24(9-10-32(45)46)35(41-27)25(16-51-22(7)44)36-34(37(47)38-11-12-52(48,49)50)20(5)29(42-36)14-30(23)39-26/h13-15,17-18,23-24,40,42H,8-12,16H2,1-7H3,(H,38,47)(H,45,46)(H,48,49,50)/t17?,18?,23-,24+/m1/s1. The van der Waals surface area contributed by atoms with Crippen molar-refractivity contribution in [1.82, 2.24) is 25.3 Å². The maximum Gasteiger partial charge on any atom is 0.303 e. The highest BCUT2D eigenvalue weighted by molar-refractivity contribution is 7.85. The largest absolute Gasteiger partial charge is 0.481 e. The number of carboxylic acids is 1. The van der Waals surface area contributed by atoms with Gasteiger partial charge in [0.15, 0.2) is 5.78 Å². The van der Waals surface area contributed by atoms with Gasteiger partial charge in [-0.25, -0.2) is 0 Å². The van der Waals surface area contributed by atoms with Crippen molar-refractivity contribution in [3.63, 3.8) is 0 Å². The molecule has 0 radical (unpaired) electrons. The summed E-state index contributed by atoms with van der Waals surface area (Å²) < 4.78 is 37.8. The number of carbonyl (C=O) groups excluding carboxylic acids is 3. The van der Waals surface area contributed by atoms with Gasteiger partial charge in [0.05, 0.1) is 28.0 Å². The van der Waals surface area contributed by atoms with Crippen molar-refractivity contribution in [1.29, 1.82) is 0 Å². The Kier molecular flexibility index (Phi) is 11.1. The number of aliphatic carboxylic acids is 1. The maximum atomic E-state index is 13.9. The third kappa shape index (κ3) is 7.80. The molecule has 5 N–H and O–H groups in total. The average molecular weight is 736 g/mol. The first kappa shape index (κ1) is 38.3. The molecule has 4 atom stereocenters. The minimum absolute atomic E-state index is 0.00956. The molecule has 3 aromatic rings. The van der Waals surface area contributed by atoms with Crippen LogP contribution < -0.4 is 5.32 Å². The number of esters is 1. The van der Waals surface area contributed by atoms with Gasteiger partial charge in [0.1, 0.15) is 6.61 Å². The highest BCUT2D eigenvalue weighted by atomic mass is 32.2. The van der Waals surface area contributed by atoms with E-state index in [4.69, 9.17) is 14.7 Å². The number of nitrogens with one attached hydrogen (secondary N) is 3. The second-order valence-corrected chi connectivity index (χ2v) is 15.2. The van der Waals surface area contributed by atoms with Crippen molar-refractivity contribution in [3.8, 4) is 0 Å². The molecule has 0 fully saturated rings. The molecule has 2 aliphatic rings. The molecular weight excluding hydrogens is 691 g/mol. The summed E-state index contributed by atoms with van der Waals surface area (Å²) >= 11 is 0. The van der Waals surface area contributed by atoms with Gasteiger partial charge < -0.3 is 25.1 Å². The van der Waals surface area contributed by atoms with E-state index in [9.17, 15) is 37.3 Å². The highest BCUT2D eigenvalue weighted by Crippen LogP contribution is 2.43. The lowest BCUT2D eigenvalue weighted by Gasteiger charge is -2.17. The molecule has 1 amide bonds. The Bertz CT molecular complexity index is 2240. The van der Waals surface area contributed by atoms with E-state index in [2.05, 4.69) is 29.1 Å². The molecule has 8 bridgehead atoms. The van der Waals surface area contributed by atoms with Crippen molar-refractivity contribution in [2.45, 2.75) is 98.0 Å². The highest BCUT2D eigenvalue weighted by Gasteiger charge is 2.34. The number of aromatic nitrogens is 4. The number of ketones is 1. The zero-order valence-electron chi connectivity index (χ0n) is 30.3. The molecule has 0 saturated carbocycles. The van der Waals surface area contributed by atoms with Crippen molar-refractivity contribution < 1.29 is 42.0 Å². The van der Waals surface area contributed by atoms with Gasteiger partial charge in [0.25, 0.3) is 16.0 Å². The van der Waals surface area contributed by atoms with Gasteiger partial charge in [-0.05, 0) is 62.9 Å². The van der Waals surface area contributed by atoms with E-state index in [1.54, 1.807) is 6.92 Å². The molecule has 14 nitrogen and oxygen atoms in total. The predicted molar refractivity (Wildman–Crippen MR) is 194 cm³/mol. The maximum absolute atomic E-state index is 13.9. The van der Waals surface area contributed by atoms with Crippen LogP contribution in [0.3, 0.4) is 0 Å². The predicted octanol–water partition coefficient (Wildman–Crippen LogP) is 5.86. The number of aromatic amines is 2. The fraction of sp³-hybridized carbons (Fsp3) is 0.459. The lowest BCUT2D eigenvalue weighted by Crippen LogP contribution is -2.29. The van der Waals surface area contributed by atoms with Crippen molar-refractivity contribution in [2.24, 2.45) is 0 Å². The number of hydrogen-bond donors (Lipinski definition) is 5. The lowest BCUT2D eigenvalue weighted by atomic mass is 9.85. The minimum atomic E-state index is -4.37. The molecule has 5 rings (SSSR count). The first-order valence-corrected chi connectivity index (χ1v) is 18.9. The number of fused-ring (bicyclic) bond motifs is 8. The third-order valence-corrected chi connectivity index (χ3v) is 10.9. The van der Waals surface area contributed by atoms with E-state index in [0.717, 1.165) is 23.4 Å². The number of Topliss-reactive ketones (excluding diaryl/α,β-unsaturated/α-hetero) is 1. The number of carbonyl (C=O) groups is 4. The van der Waals surface area contributed by atoms with E-state index in [1.165, 1.54) is 13.8 Å². The van der Waals surface area contributed by atoms with Gasteiger partial charge in [0, 0.05) is 82.8 Å². The second-order valence-electron chi connectivity index (χ2n) is 13.7. The van der Waals surface area contributed by atoms with Crippen LogP contribution in [0.2, 0.25) is 0 Å². The summed E-state index contributed by atoms with van der Waals surface area (Å²) in [5.74, 6) is -3.90. The Balaban J connectivity index is 1.98. The minimum Gasteiger partial charge on any atom is -0.481 e.